The number of esters is 1. The highest BCUT2D eigenvalue weighted by Gasteiger charge is 2.57. The van der Waals surface area contributed by atoms with E-state index in [9.17, 15) is 4.79 Å². The van der Waals surface area contributed by atoms with Crippen molar-refractivity contribution in [2.24, 2.45) is 17.3 Å². The molecular weight excluding hydrogens is 489 g/mol. The molecule has 1 fully saturated rings. The van der Waals surface area contributed by atoms with Crippen LogP contribution >= 0.6 is 0 Å². The number of benzene rings is 2. The molecule has 2 aromatic rings. The zero-order valence-electron chi connectivity index (χ0n) is 24.5. The van der Waals surface area contributed by atoms with E-state index < -0.39 is 16.4 Å². The molecule has 0 radical (unpaired) electrons. The minimum absolute atomic E-state index is 0.00801. The van der Waals surface area contributed by atoms with Crippen LogP contribution in [0.3, 0.4) is 0 Å². The number of hydrogen-bond donors (Lipinski definition) is 0. The van der Waals surface area contributed by atoms with Crippen molar-refractivity contribution in [3.8, 4) is 0 Å². The fourth-order valence-corrected chi connectivity index (χ4v) is 11.9. The molecule has 2 aromatic carbocycles. The van der Waals surface area contributed by atoms with Crippen molar-refractivity contribution < 1.29 is 14.0 Å². The van der Waals surface area contributed by atoms with Crippen LogP contribution < -0.4 is 10.4 Å². The summed E-state index contributed by atoms with van der Waals surface area (Å²) in [5.41, 5.74) is -0.0834. The van der Waals surface area contributed by atoms with Gasteiger partial charge in [-0.05, 0) is 39.2 Å². The number of ether oxygens (including phenoxy) is 1. The van der Waals surface area contributed by atoms with Crippen LogP contribution in [0.1, 0.15) is 47.5 Å². The third-order valence-corrected chi connectivity index (χ3v) is 14.4. The van der Waals surface area contributed by atoms with E-state index in [0.717, 1.165) is 12.5 Å². The van der Waals surface area contributed by atoms with Crippen LogP contribution in [0.15, 0.2) is 72.8 Å². The molecule has 3 rings (SSSR count). The molecule has 0 aliphatic heterocycles. The Kier molecular flexibility index (Phi) is 9.14. The summed E-state index contributed by atoms with van der Waals surface area (Å²) in [6, 6.07) is 22.9. The number of hydrogen-bond acceptors (Lipinski definition) is 3. The lowest BCUT2D eigenvalue weighted by atomic mass is 9.87. The quantitative estimate of drug-likeness (QED) is 0.196. The normalized spacial score (nSPS) is 22.4. The Labute approximate surface area is 227 Å². The van der Waals surface area contributed by atoms with Crippen LogP contribution in [0.5, 0.6) is 0 Å². The van der Waals surface area contributed by atoms with Crippen molar-refractivity contribution in [1.82, 2.24) is 0 Å². The Bertz CT molecular complexity index is 1010. The highest BCUT2D eigenvalue weighted by molar-refractivity contribution is 6.99. The molecule has 3 atom stereocenters. The molecule has 5 heteroatoms. The minimum Gasteiger partial charge on any atom is -0.469 e. The maximum absolute atomic E-state index is 12.5. The molecule has 0 N–H and O–H groups in total. The maximum Gasteiger partial charge on any atom is 0.305 e. The maximum atomic E-state index is 12.5. The van der Waals surface area contributed by atoms with Gasteiger partial charge in [-0.3, -0.25) is 4.79 Å². The lowest BCUT2D eigenvalue weighted by Crippen LogP contribution is -2.68. The molecule has 0 unspecified atom stereocenters. The van der Waals surface area contributed by atoms with Gasteiger partial charge in [0, 0.05) is 20.4 Å². The predicted molar refractivity (Wildman–Crippen MR) is 162 cm³/mol. The van der Waals surface area contributed by atoms with E-state index in [1.165, 1.54) is 17.5 Å². The predicted octanol–water partition coefficient (Wildman–Crippen LogP) is 7.05. The molecule has 3 nitrogen and oxygen atoms in total. The van der Waals surface area contributed by atoms with Crippen LogP contribution in [0.25, 0.3) is 0 Å². The summed E-state index contributed by atoms with van der Waals surface area (Å²) in [5.74, 6) is 0.228. The fraction of sp³-hybridized carbons (Fsp3) is 0.531. The molecule has 0 bridgehead atoms. The first-order valence-corrected chi connectivity index (χ1v) is 19.4. The second kappa shape index (κ2) is 11.4. The molecule has 0 aromatic heterocycles. The van der Waals surface area contributed by atoms with Crippen LogP contribution in [-0.4, -0.2) is 35.6 Å². The van der Waals surface area contributed by atoms with E-state index in [1.807, 2.05) is 0 Å². The molecule has 0 saturated heterocycles. The average Bonchev–Trinajstić information content (AvgIpc) is 3.05. The first-order chi connectivity index (χ1) is 17.2. The van der Waals surface area contributed by atoms with E-state index in [2.05, 4.69) is 127 Å². The van der Waals surface area contributed by atoms with E-state index in [-0.39, 0.29) is 34.4 Å². The van der Waals surface area contributed by atoms with Gasteiger partial charge in [0.05, 0.1) is 13.2 Å². The number of carbonyl (C=O) groups excluding carboxylic acids is 1. The smallest absolute Gasteiger partial charge is 0.305 e. The summed E-state index contributed by atoms with van der Waals surface area (Å²) in [5, 5.41) is 2.50. The number of methoxy groups -OCH3 is 1. The summed E-state index contributed by atoms with van der Waals surface area (Å²) >= 11 is 0. The third-order valence-electron chi connectivity index (χ3n) is 7.92. The minimum atomic E-state index is -2.74. The van der Waals surface area contributed by atoms with Crippen molar-refractivity contribution in [2.75, 3.05) is 7.11 Å². The average molecular weight is 537 g/mol. The SMILES string of the molecule is COC(=O)C[C@H]1CC(C)(C)[C@H](O[Si](c2ccccc2)(c2ccccc2)C(C)(C)C)[C@H]1/C=C/C[Si](C)(C)C. The lowest BCUT2D eigenvalue weighted by molar-refractivity contribution is -0.142. The highest BCUT2D eigenvalue weighted by atomic mass is 28.4. The monoisotopic (exact) mass is 536 g/mol. The molecular formula is C32H48O3Si2. The van der Waals surface area contributed by atoms with Gasteiger partial charge >= 0.3 is 5.97 Å². The van der Waals surface area contributed by atoms with E-state index in [0.29, 0.717) is 6.42 Å². The molecule has 1 aliphatic carbocycles. The van der Waals surface area contributed by atoms with Gasteiger partial charge < -0.3 is 9.16 Å². The molecule has 0 amide bonds. The van der Waals surface area contributed by atoms with Crippen molar-refractivity contribution >= 4 is 32.7 Å². The summed E-state index contributed by atoms with van der Waals surface area (Å²) in [7, 11) is -2.49. The van der Waals surface area contributed by atoms with Crippen LogP contribution in [-0.2, 0) is 14.0 Å². The van der Waals surface area contributed by atoms with Crippen LogP contribution in [0, 0.1) is 17.3 Å². The standard InChI is InChI=1S/C32H48O3Si2/c1-31(2,3)37(26-17-12-10-13-18-26,27-19-14-11-15-20-27)35-30-28(21-16-22-36(7,8)9)25(23-29(33)34-6)24-32(30,4)5/h10-21,25,28,30H,22-24H2,1-9H3/b21-16+/t25-,28-,30+/m0/s1. The largest absolute Gasteiger partial charge is 0.469 e. The molecule has 37 heavy (non-hydrogen) atoms. The second-order valence-electron chi connectivity index (χ2n) is 13.7. The Balaban J connectivity index is 2.18. The van der Waals surface area contributed by atoms with Gasteiger partial charge in [-0.25, -0.2) is 0 Å². The molecule has 1 saturated carbocycles. The van der Waals surface area contributed by atoms with Gasteiger partial charge in [-0.15, -0.1) is 0 Å². The first kappa shape index (κ1) is 29.6. The summed E-state index contributed by atoms with van der Waals surface area (Å²) in [6.45, 7) is 18.9. The zero-order valence-corrected chi connectivity index (χ0v) is 26.5. The summed E-state index contributed by atoms with van der Waals surface area (Å²) < 4.78 is 12.9. The Morgan fingerprint density at radius 3 is 1.92 bits per heavy atom. The topological polar surface area (TPSA) is 35.5 Å². The molecule has 1 aliphatic rings. The van der Waals surface area contributed by atoms with E-state index >= 15 is 0 Å². The van der Waals surface area contributed by atoms with Gasteiger partial charge in [0.1, 0.15) is 0 Å². The van der Waals surface area contributed by atoms with Crippen molar-refractivity contribution in [3.63, 3.8) is 0 Å². The Morgan fingerprint density at radius 2 is 1.49 bits per heavy atom. The number of allylic oxidation sites excluding steroid dienone is 1. The van der Waals surface area contributed by atoms with Gasteiger partial charge in [-0.1, -0.05) is 127 Å². The molecule has 202 valence electrons. The van der Waals surface area contributed by atoms with Crippen LogP contribution in [0.4, 0.5) is 0 Å². The summed E-state index contributed by atoms with van der Waals surface area (Å²) in [6.07, 6.45) is 6.13. The van der Waals surface area contributed by atoms with Gasteiger partial charge in [-0.2, -0.15) is 0 Å². The van der Waals surface area contributed by atoms with Gasteiger partial charge in [0.15, 0.2) is 0 Å². The van der Waals surface area contributed by atoms with Crippen LogP contribution in [0.2, 0.25) is 30.7 Å². The van der Waals surface area contributed by atoms with Crippen molar-refractivity contribution in [2.45, 2.75) is 84.3 Å². The fourth-order valence-electron chi connectivity index (χ4n) is 6.16. The lowest BCUT2D eigenvalue weighted by Gasteiger charge is -2.47. The van der Waals surface area contributed by atoms with Gasteiger partial charge in [0.25, 0.3) is 8.32 Å². The first-order valence-electron chi connectivity index (χ1n) is 13.7. The second-order valence-corrected chi connectivity index (χ2v) is 23.5. The Morgan fingerprint density at radius 1 is 0.973 bits per heavy atom. The van der Waals surface area contributed by atoms with E-state index in [1.54, 1.807) is 0 Å². The van der Waals surface area contributed by atoms with Crippen molar-refractivity contribution in [3.05, 3.63) is 72.8 Å². The number of carbonyl (C=O) groups is 1. The zero-order chi connectivity index (χ0) is 27.5. The highest BCUT2D eigenvalue weighted by Crippen LogP contribution is 2.52. The van der Waals surface area contributed by atoms with Gasteiger partial charge in [0.2, 0.25) is 0 Å². The Hall–Kier alpha value is -1.96. The molecule has 0 spiro atoms. The molecule has 0 heterocycles. The summed E-state index contributed by atoms with van der Waals surface area (Å²) in [4.78, 5) is 12.5. The number of rotatable bonds is 9. The van der Waals surface area contributed by atoms with E-state index in [4.69, 9.17) is 9.16 Å². The van der Waals surface area contributed by atoms with Crippen molar-refractivity contribution in [1.29, 1.82) is 0 Å². The third kappa shape index (κ3) is 6.73.